The van der Waals surface area contributed by atoms with Gasteiger partial charge in [0.25, 0.3) is 0 Å². The van der Waals surface area contributed by atoms with E-state index in [0.29, 0.717) is 10.8 Å². The number of hydrogen-bond acceptors (Lipinski definition) is 10. The summed E-state index contributed by atoms with van der Waals surface area (Å²) in [7, 11) is 0. The van der Waals surface area contributed by atoms with Crippen LogP contribution in [0, 0.1) is 17.0 Å². The monoisotopic (exact) mass is 450 g/mol. The van der Waals surface area contributed by atoms with E-state index in [1.165, 1.54) is 17.7 Å². The van der Waals surface area contributed by atoms with E-state index < -0.39 is 10.9 Å². The SMILES string of the molecule is CCOC(=O)c1ccccc1Nc1ncnc(Nc2nc3c(C)cccc3s2)c1[N+](=O)[O-]. The molecule has 0 atom stereocenters. The van der Waals surface area contributed by atoms with Crippen molar-refractivity contribution in [1.29, 1.82) is 0 Å². The Morgan fingerprint density at radius 3 is 2.59 bits per heavy atom. The topological polar surface area (TPSA) is 132 Å². The van der Waals surface area contributed by atoms with Crippen molar-refractivity contribution in [2.45, 2.75) is 13.8 Å². The molecule has 2 N–H and O–H groups in total. The lowest BCUT2D eigenvalue weighted by molar-refractivity contribution is -0.383. The first-order chi connectivity index (χ1) is 15.5. The highest BCUT2D eigenvalue weighted by atomic mass is 32.1. The van der Waals surface area contributed by atoms with Crippen molar-refractivity contribution in [2.75, 3.05) is 17.2 Å². The molecule has 0 amide bonds. The van der Waals surface area contributed by atoms with Crippen LogP contribution in [0.1, 0.15) is 22.8 Å². The van der Waals surface area contributed by atoms with Crippen molar-refractivity contribution in [1.82, 2.24) is 15.0 Å². The number of thiazole rings is 1. The van der Waals surface area contributed by atoms with Crippen LogP contribution in [0.3, 0.4) is 0 Å². The predicted octanol–water partition coefficient (Wildman–Crippen LogP) is 4.97. The van der Waals surface area contributed by atoms with Gasteiger partial charge in [0, 0.05) is 0 Å². The summed E-state index contributed by atoms with van der Waals surface area (Å²) in [5.74, 6) is -0.630. The molecule has 0 fully saturated rings. The molecule has 2 aromatic carbocycles. The largest absolute Gasteiger partial charge is 0.462 e. The first-order valence-electron chi connectivity index (χ1n) is 9.63. The second-order valence-corrected chi connectivity index (χ2v) is 7.66. The van der Waals surface area contributed by atoms with Gasteiger partial charge in [0.05, 0.1) is 33.0 Å². The van der Waals surface area contributed by atoms with Crippen LogP contribution in [0.25, 0.3) is 10.2 Å². The smallest absolute Gasteiger partial charge is 0.353 e. The van der Waals surface area contributed by atoms with Gasteiger partial charge in [0.1, 0.15) is 6.33 Å². The molecule has 2 heterocycles. The summed E-state index contributed by atoms with van der Waals surface area (Å²) in [4.78, 5) is 36.2. The fourth-order valence-electron chi connectivity index (χ4n) is 3.08. The van der Waals surface area contributed by atoms with E-state index in [2.05, 4.69) is 25.6 Å². The van der Waals surface area contributed by atoms with Crippen LogP contribution in [-0.2, 0) is 4.74 Å². The van der Waals surface area contributed by atoms with Gasteiger partial charge in [-0.3, -0.25) is 10.1 Å². The van der Waals surface area contributed by atoms with Crippen LogP contribution in [0.2, 0.25) is 0 Å². The van der Waals surface area contributed by atoms with Crippen LogP contribution in [0.15, 0.2) is 48.8 Å². The third kappa shape index (κ3) is 4.18. The molecular weight excluding hydrogens is 432 g/mol. The van der Waals surface area contributed by atoms with Crippen molar-refractivity contribution in [3.63, 3.8) is 0 Å². The number of para-hydroxylation sites is 2. The summed E-state index contributed by atoms with van der Waals surface area (Å²) in [5, 5.41) is 18.2. The number of esters is 1. The summed E-state index contributed by atoms with van der Waals surface area (Å²) in [6.45, 7) is 3.85. The van der Waals surface area contributed by atoms with Gasteiger partial charge in [0.2, 0.25) is 11.6 Å². The zero-order valence-electron chi connectivity index (χ0n) is 17.2. The molecule has 10 nitrogen and oxygen atoms in total. The molecule has 0 aliphatic heterocycles. The van der Waals surface area contributed by atoms with E-state index in [4.69, 9.17) is 4.74 Å². The summed E-state index contributed by atoms with van der Waals surface area (Å²) in [6, 6.07) is 12.3. The molecule has 0 unspecified atom stereocenters. The first kappa shape index (κ1) is 21.1. The number of fused-ring (bicyclic) bond motifs is 1. The summed E-state index contributed by atoms with van der Waals surface area (Å²) in [5.41, 5.74) is 2.01. The molecule has 32 heavy (non-hydrogen) atoms. The summed E-state index contributed by atoms with van der Waals surface area (Å²) < 4.78 is 6.01. The van der Waals surface area contributed by atoms with E-state index >= 15 is 0 Å². The fraction of sp³-hybridized carbons (Fsp3) is 0.143. The van der Waals surface area contributed by atoms with Crippen LogP contribution >= 0.6 is 11.3 Å². The lowest BCUT2D eigenvalue weighted by atomic mass is 10.2. The minimum atomic E-state index is -0.587. The van der Waals surface area contributed by atoms with Gasteiger partial charge < -0.3 is 15.4 Å². The second kappa shape index (κ2) is 8.94. The van der Waals surface area contributed by atoms with Gasteiger partial charge in [-0.2, -0.15) is 0 Å². The van der Waals surface area contributed by atoms with Gasteiger partial charge in [-0.1, -0.05) is 35.6 Å². The molecule has 11 heteroatoms. The lowest BCUT2D eigenvalue weighted by Crippen LogP contribution is -2.10. The predicted molar refractivity (Wildman–Crippen MR) is 122 cm³/mol. The average molecular weight is 450 g/mol. The molecule has 0 bridgehead atoms. The molecule has 0 saturated heterocycles. The van der Waals surface area contributed by atoms with E-state index in [1.54, 1.807) is 31.2 Å². The molecule has 0 saturated carbocycles. The van der Waals surface area contributed by atoms with Gasteiger partial charge in [-0.05, 0) is 37.6 Å². The highest BCUT2D eigenvalue weighted by Gasteiger charge is 2.25. The molecule has 0 radical (unpaired) electrons. The van der Waals surface area contributed by atoms with Crippen molar-refractivity contribution < 1.29 is 14.5 Å². The fourth-order valence-corrected chi connectivity index (χ4v) is 4.02. The van der Waals surface area contributed by atoms with Crippen LogP contribution < -0.4 is 10.6 Å². The molecule has 0 aliphatic carbocycles. The highest BCUT2D eigenvalue weighted by Crippen LogP contribution is 2.36. The first-order valence-corrected chi connectivity index (χ1v) is 10.4. The maximum absolute atomic E-state index is 12.2. The molecule has 162 valence electrons. The second-order valence-electron chi connectivity index (χ2n) is 6.63. The number of ether oxygens (including phenoxy) is 1. The lowest BCUT2D eigenvalue weighted by Gasteiger charge is -2.12. The average Bonchev–Trinajstić information content (AvgIpc) is 3.18. The summed E-state index contributed by atoms with van der Waals surface area (Å²) >= 11 is 1.36. The quantitative estimate of drug-likeness (QED) is 0.227. The molecule has 4 rings (SSSR count). The maximum Gasteiger partial charge on any atom is 0.353 e. The highest BCUT2D eigenvalue weighted by molar-refractivity contribution is 7.22. The van der Waals surface area contributed by atoms with Crippen molar-refractivity contribution in [2.24, 2.45) is 0 Å². The minimum absolute atomic E-state index is 0.0159. The number of benzene rings is 2. The normalized spacial score (nSPS) is 10.7. The zero-order chi connectivity index (χ0) is 22.7. The number of carbonyl (C=O) groups excluding carboxylic acids is 1. The minimum Gasteiger partial charge on any atom is -0.462 e. The Hall–Kier alpha value is -4.12. The Morgan fingerprint density at radius 1 is 1.12 bits per heavy atom. The third-order valence-electron chi connectivity index (χ3n) is 4.53. The van der Waals surface area contributed by atoms with E-state index in [-0.39, 0.29) is 29.5 Å². The number of aryl methyl sites for hydroxylation is 1. The van der Waals surface area contributed by atoms with E-state index in [1.807, 2.05) is 25.1 Å². The molecule has 0 aliphatic rings. The van der Waals surface area contributed by atoms with Gasteiger partial charge in [-0.15, -0.1) is 0 Å². The van der Waals surface area contributed by atoms with Gasteiger partial charge in [-0.25, -0.2) is 19.7 Å². The molecule has 2 aromatic heterocycles. The number of carbonyl (C=O) groups is 1. The van der Waals surface area contributed by atoms with Crippen LogP contribution in [0.5, 0.6) is 0 Å². The Labute approximate surface area is 186 Å². The number of nitro groups is 1. The van der Waals surface area contributed by atoms with Crippen LogP contribution in [-0.4, -0.2) is 32.5 Å². The van der Waals surface area contributed by atoms with Crippen molar-refractivity contribution in [3.8, 4) is 0 Å². The van der Waals surface area contributed by atoms with Gasteiger partial charge >= 0.3 is 11.7 Å². The Balaban J connectivity index is 1.71. The zero-order valence-corrected chi connectivity index (χ0v) is 18.0. The molecule has 0 spiro atoms. The number of hydrogen-bond donors (Lipinski definition) is 2. The van der Waals surface area contributed by atoms with Gasteiger partial charge in [0.15, 0.2) is 5.13 Å². The number of nitrogens with one attached hydrogen (secondary N) is 2. The maximum atomic E-state index is 12.2. The number of anilines is 4. The third-order valence-corrected chi connectivity index (χ3v) is 5.46. The standard InChI is InChI=1S/C21H18N6O4S/c1-3-31-20(28)13-8-4-5-9-14(13)24-18-17(27(29)30)19(23-11-22-18)26-21-25-16-12(2)7-6-10-15(16)32-21/h4-11H,3H2,1-2H3,(H2,22,23,24,25,26). The Bertz CT molecular complexity index is 1320. The number of nitrogens with zero attached hydrogens (tertiary/aromatic N) is 4. The molecular formula is C21H18N6O4S. The van der Waals surface area contributed by atoms with E-state index in [0.717, 1.165) is 15.8 Å². The number of rotatable bonds is 7. The molecule has 4 aromatic rings. The Kier molecular flexibility index (Phi) is 5.90. The van der Waals surface area contributed by atoms with Crippen molar-refractivity contribution >= 4 is 55.7 Å². The number of aromatic nitrogens is 3. The van der Waals surface area contributed by atoms with Crippen molar-refractivity contribution in [3.05, 3.63) is 70.0 Å². The Morgan fingerprint density at radius 2 is 1.88 bits per heavy atom. The summed E-state index contributed by atoms with van der Waals surface area (Å²) in [6.07, 6.45) is 1.20. The van der Waals surface area contributed by atoms with E-state index in [9.17, 15) is 14.9 Å². The van der Waals surface area contributed by atoms with Crippen LogP contribution in [0.4, 0.5) is 28.1 Å².